The topological polar surface area (TPSA) is 15.3 Å². The molecule has 0 amide bonds. The number of hydrogen-bond donors (Lipinski definition) is 1. The average Bonchev–Trinajstić information content (AvgIpc) is 2.23. The molecule has 0 spiro atoms. The van der Waals surface area contributed by atoms with Crippen LogP contribution in [0.1, 0.15) is 45.4 Å². The summed E-state index contributed by atoms with van der Waals surface area (Å²) in [6.07, 6.45) is 8.65. The van der Waals surface area contributed by atoms with E-state index in [1.165, 1.54) is 51.6 Å². The average molecular weight is 210 g/mol. The van der Waals surface area contributed by atoms with Gasteiger partial charge in [-0.25, -0.2) is 0 Å². The number of hydrogen-bond acceptors (Lipinski definition) is 2. The largest absolute Gasteiger partial charge is 0.316 e. The Morgan fingerprint density at radius 1 is 1.27 bits per heavy atom. The fraction of sp³-hybridized carbons (Fsp3) is 1.00. The van der Waals surface area contributed by atoms with Crippen LogP contribution in [0.5, 0.6) is 0 Å². The second kappa shape index (κ2) is 5.31. The molecule has 2 heteroatoms. The summed E-state index contributed by atoms with van der Waals surface area (Å²) in [5, 5.41) is 3.43. The molecule has 1 aliphatic heterocycles. The van der Waals surface area contributed by atoms with Crippen LogP contribution in [0.2, 0.25) is 0 Å². The summed E-state index contributed by atoms with van der Waals surface area (Å²) in [5.41, 5.74) is 0. The Labute approximate surface area is 94.4 Å². The van der Waals surface area contributed by atoms with Crippen molar-refractivity contribution < 1.29 is 0 Å². The van der Waals surface area contributed by atoms with Crippen LogP contribution in [0.25, 0.3) is 0 Å². The third-order valence-corrected chi connectivity index (χ3v) is 4.38. The Kier molecular flexibility index (Phi) is 4.04. The molecule has 1 N–H and O–H groups in total. The Balaban J connectivity index is 1.75. The van der Waals surface area contributed by atoms with Crippen LogP contribution in [0.15, 0.2) is 0 Å². The maximum atomic E-state index is 3.43. The molecule has 2 fully saturated rings. The quantitative estimate of drug-likeness (QED) is 0.765. The highest BCUT2D eigenvalue weighted by Crippen LogP contribution is 2.32. The summed E-state index contributed by atoms with van der Waals surface area (Å²) in [7, 11) is 2.10. The number of nitrogens with zero attached hydrogens (tertiary/aromatic N) is 1. The molecule has 0 radical (unpaired) electrons. The zero-order chi connectivity index (χ0) is 10.7. The normalized spacial score (nSPS) is 31.2. The third-order valence-electron chi connectivity index (χ3n) is 4.38. The second-order valence-corrected chi connectivity index (χ2v) is 5.50. The van der Waals surface area contributed by atoms with Crippen molar-refractivity contribution in [1.82, 2.24) is 10.2 Å². The Morgan fingerprint density at radius 2 is 2.07 bits per heavy atom. The van der Waals surface area contributed by atoms with Gasteiger partial charge in [-0.1, -0.05) is 19.3 Å². The van der Waals surface area contributed by atoms with Gasteiger partial charge in [0, 0.05) is 18.6 Å². The van der Waals surface area contributed by atoms with Crippen LogP contribution < -0.4 is 5.32 Å². The monoisotopic (exact) mass is 210 g/mol. The van der Waals surface area contributed by atoms with Crippen molar-refractivity contribution in [2.45, 2.75) is 57.5 Å². The molecule has 1 saturated carbocycles. The number of nitrogens with one attached hydrogen (secondary N) is 1. The zero-order valence-corrected chi connectivity index (χ0v) is 10.3. The molecule has 15 heavy (non-hydrogen) atoms. The van der Waals surface area contributed by atoms with Gasteiger partial charge in [0.05, 0.1) is 0 Å². The van der Waals surface area contributed by atoms with Crippen LogP contribution in [0, 0.1) is 5.92 Å². The highest BCUT2D eigenvalue weighted by atomic mass is 15.2. The Hall–Kier alpha value is -0.0800. The molecule has 2 nitrogen and oxygen atoms in total. The van der Waals surface area contributed by atoms with E-state index in [-0.39, 0.29) is 0 Å². The van der Waals surface area contributed by atoms with E-state index in [1.54, 1.807) is 0 Å². The summed E-state index contributed by atoms with van der Waals surface area (Å²) in [5.74, 6) is 1.05. The molecule has 2 aliphatic rings. The molecular weight excluding hydrogens is 184 g/mol. The van der Waals surface area contributed by atoms with E-state index in [2.05, 4.69) is 24.2 Å². The molecule has 1 heterocycles. The van der Waals surface area contributed by atoms with Gasteiger partial charge in [0.25, 0.3) is 0 Å². The zero-order valence-electron chi connectivity index (χ0n) is 10.3. The highest BCUT2D eigenvalue weighted by Gasteiger charge is 2.26. The highest BCUT2D eigenvalue weighted by molar-refractivity contribution is 4.82. The van der Waals surface area contributed by atoms with E-state index in [0.717, 1.165) is 18.0 Å². The summed E-state index contributed by atoms with van der Waals surface area (Å²) in [4.78, 5) is 2.70. The van der Waals surface area contributed by atoms with Crippen LogP contribution >= 0.6 is 0 Å². The fourth-order valence-corrected chi connectivity index (χ4v) is 3.00. The molecule has 2 atom stereocenters. The number of likely N-dealkylation sites (tertiary alicyclic amines) is 1. The lowest BCUT2D eigenvalue weighted by Crippen LogP contribution is -2.48. The lowest BCUT2D eigenvalue weighted by molar-refractivity contribution is 0.116. The number of piperidine rings is 1. The molecule has 1 saturated heterocycles. The maximum absolute atomic E-state index is 3.43. The molecule has 2 unspecified atom stereocenters. The van der Waals surface area contributed by atoms with Crippen molar-refractivity contribution >= 4 is 0 Å². The maximum Gasteiger partial charge on any atom is 0.0192 e. The first kappa shape index (κ1) is 11.4. The third kappa shape index (κ3) is 2.94. The minimum absolute atomic E-state index is 0.739. The molecule has 0 bridgehead atoms. The van der Waals surface area contributed by atoms with Gasteiger partial charge >= 0.3 is 0 Å². The van der Waals surface area contributed by atoms with Gasteiger partial charge < -0.3 is 5.32 Å². The minimum atomic E-state index is 0.739. The van der Waals surface area contributed by atoms with Gasteiger partial charge in [0.15, 0.2) is 0 Å². The van der Waals surface area contributed by atoms with Crippen molar-refractivity contribution in [2.75, 3.05) is 20.1 Å². The molecule has 1 aliphatic carbocycles. The first-order valence-electron chi connectivity index (χ1n) is 6.71. The van der Waals surface area contributed by atoms with Crippen molar-refractivity contribution in [2.24, 2.45) is 5.92 Å². The predicted molar refractivity (Wildman–Crippen MR) is 65.1 cm³/mol. The molecule has 0 aromatic rings. The van der Waals surface area contributed by atoms with E-state index in [9.17, 15) is 0 Å². The van der Waals surface area contributed by atoms with Crippen molar-refractivity contribution in [3.63, 3.8) is 0 Å². The molecule has 88 valence electrons. The lowest BCUT2D eigenvalue weighted by Gasteiger charge is -2.39. The van der Waals surface area contributed by atoms with E-state index in [0.29, 0.717) is 0 Å². The first-order valence-corrected chi connectivity index (χ1v) is 6.71. The first-order chi connectivity index (χ1) is 7.29. The lowest BCUT2D eigenvalue weighted by atomic mass is 9.80. The van der Waals surface area contributed by atoms with E-state index in [4.69, 9.17) is 0 Å². The number of likely N-dealkylation sites (N-methyl/N-ethyl adjacent to an activating group) is 1. The van der Waals surface area contributed by atoms with E-state index in [1.807, 2.05) is 0 Å². The standard InChI is InChI=1S/C13H26N2/c1-11(9-12-5-3-6-12)15-8-4-7-13(10-15)14-2/h11-14H,3-10H2,1-2H3. The van der Waals surface area contributed by atoms with Gasteiger partial charge in [-0.3, -0.25) is 4.90 Å². The summed E-state index contributed by atoms with van der Waals surface area (Å²) in [6, 6.07) is 1.55. The minimum Gasteiger partial charge on any atom is -0.316 e. The van der Waals surface area contributed by atoms with Crippen LogP contribution in [0.3, 0.4) is 0 Å². The summed E-state index contributed by atoms with van der Waals surface area (Å²) in [6.45, 7) is 5.02. The smallest absolute Gasteiger partial charge is 0.0192 e. The van der Waals surface area contributed by atoms with E-state index < -0.39 is 0 Å². The molecule has 0 aromatic heterocycles. The van der Waals surface area contributed by atoms with E-state index >= 15 is 0 Å². The molecule has 2 rings (SSSR count). The summed E-state index contributed by atoms with van der Waals surface area (Å²) >= 11 is 0. The van der Waals surface area contributed by atoms with Gasteiger partial charge in [-0.2, -0.15) is 0 Å². The van der Waals surface area contributed by atoms with Gasteiger partial charge in [-0.15, -0.1) is 0 Å². The SMILES string of the molecule is CNC1CCCN(C(C)CC2CCC2)C1. The summed E-state index contributed by atoms with van der Waals surface area (Å²) < 4.78 is 0. The van der Waals surface area contributed by atoms with Crippen LogP contribution in [-0.2, 0) is 0 Å². The van der Waals surface area contributed by atoms with Gasteiger partial charge in [0.2, 0.25) is 0 Å². The molecule has 0 aromatic carbocycles. The molecular formula is C13H26N2. The van der Waals surface area contributed by atoms with Crippen molar-refractivity contribution in [1.29, 1.82) is 0 Å². The van der Waals surface area contributed by atoms with Crippen LogP contribution in [0.4, 0.5) is 0 Å². The van der Waals surface area contributed by atoms with Crippen LogP contribution in [-0.4, -0.2) is 37.1 Å². The fourth-order valence-electron chi connectivity index (χ4n) is 3.00. The number of rotatable bonds is 4. The van der Waals surface area contributed by atoms with Crippen molar-refractivity contribution in [3.05, 3.63) is 0 Å². The van der Waals surface area contributed by atoms with Crippen molar-refractivity contribution in [3.8, 4) is 0 Å². The second-order valence-electron chi connectivity index (χ2n) is 5.50. The Morgan fingerprint density at radius 3 is 2.67 bits per heavy atom. The predicted octanol–water partition coefficient (Wildman–Crippen LogP) is 2.25. The van der Waals surface area contributed by atoms with Gasteiger partial charge in [-0.05, 0) is 45.7 Å². The Bertz CT molecular complexity index is 189. The van der Waals surface area contributed by atoms with Gasteiger partial charge in [0.1, 0.15) is 0 Å².